The van der Waals surface area contributed by atoms with Crippen molar-refractivity contribution < 1.29 is 0 Å². The molecule has 0 spiro atoms. The molecule has 0 N–H and O–H groups in total. The first-order valence-corrected chi connectivity index (χ1v) is 7.82. The Hall–Kier alpha value is -1.78. The average molecular weight is 296 g/mol. The van der Waals surface area contributed by atoms with Crippen molar-refractivity contribution in [1.82, 2.24) is 9.97 Å². The molecular weight excluding hydrogens is 284 g/mol. The fraction of sp³-hybridized carbons (Fsp3) is 0. The van der Waals surface area contributed by atoms with E-state index in [1.807, 2.05) is 60.9 Å². The number of hydrogen-bond donors (Lipinski definition) is 0. The quantitative estimate of drug-likeness (QED) is 0.692. The molecule has 4 heteroatoms. The lowest BCUT2D eigenvalue weighted by Gasteiger charge is -2.07. The zero-order valence-corrected chi connectivity index (χ0v) is 12.3. The number of nitrogens with zero attached hydrogens (tertiary/aromatic N) is 2. The zero-order valence-electron chi connectivity index (χ0n) is 10.6. The van der Waals surface area contributed by atoms with Gasteiger partial charge in [-0.05, 0) is 36.4 Å². The molecule has 2 nitrogen and oxygen atoms in total. The van der Waals surface area contributed by atoms with E-state index in [4.69, 9.17) is 0 Å². The molecule has 0 unspecified atom stereocenters. The van der Waals surface area contributed by atoms with Crippen molar-refractivity contribution in [3.05, 3.63) is 73.1 Å². The number of hydrogen-bond acceptors (Lipinski definition) is 4. The third-order valence-corrected chi connectivity index (χ3v) is 4.74. The molecule has 0 amide bonds. The minimum atomic E-state index is 1.00. The molecule has 0 saturated carbocycles. The van der Waals surface area contributed by atoms with Crippen molar-refractivity contribution >= 4 is 23.5 Å². The van der Waals surface area contributed by atoms with Crippen LogP contribution in [0.3, 0.4) is 0 Å². The highest BCUT2D eigenvalue weighted by Crippen LogP contribution is 2.37. The van der Waals surface area contributed by atoms with Crippen LogP contribution in [0.1, 0.15) is 0 Å². The molecule has 1 aromatic carbocycles. The summed E-state index contributed by atoms with van der Waals surface area (Å²) in [7, 11) is 0. The normalized spacial score (nSPS) is 10.4. The largest absolute Gasteiger partial charge is 0.250 e. The van der Waals surface area contributed by atoms with E-state index in [9.17, 15) is 0 Å². The van der Waals surface area contributed by atoms with E-state index >= 15 is 0 Å². The van der Waals surface area contributed by atoms with E-state index in [1.54, 1.807) is 23.5 Å². The third kappa shape index (κ3) is 3.40. The Morgan fingerprint density at radius 1 is 0.550 bits per heavy atom. The first kappa shape index (κ1) is 13.2. The van der Waals surface area contributed by atoms with E-state index in [1.165, 1.54) is 9.79 Å². The first-order valence-electron chi connectivity index (χ1n) is 6.18. The van der Waals surface area contributed by atoms with Gasteiger partial charge in [-0.3, -0.25) is 0 Å². The second kappa shape index (κ2) is 6.59. The summed E-state index contributed by atoms with van der Waals surface area (Å²) in [6.45, 7) is 0. The van der Waals surface area contributed by atoms with Crippen LogP contribution in [-0.4, -0.2) is 9.97 Å². The topological polar surface area (TPSA) is 25.8 Å². The van der Waals surface area contributed by atoms with Crippen molar-refractivity contribution in [3.63, 3.8) is 0 Å². The van der Waals surface area contributed by atoms with Gasteiger partial charge < -0.3 is 0 Å². The van der Waals surface area contributed by atoms with Crippen LogP contribution >= 0.6 is 23.5 Å². The fourth-order valence-electron chi connectivity index (χ4n) is 1.66. The summed E-state index contributed by atoms with van der Waals surface area (Å²) in [6.07, 6.45) is 3.63. The maximum Gasteiger partial charge on any atom is 0.101 e. The Morgan fingerprint density at radius 2 is 1.00 bits per heavy atom. The molecule has 98 valence electrons. The van der Waals surface area contributed by atoms with E-state index in [0.29, 0.717) is 0 Å². The van der Waals surface area contributed by atoms with Crippen LogP contribution < -0.4 is 0 Å². The van der Waals surface area contributed by atoms with Gasteiger partial charge in [0, 0.05) is 22.2 Å². The maximum atomic E-state index is 4.36. The van der Waals surface area contributed by atoms with Crippen LogP contribution in [0, 0.1) is 0 Å². The molecule has 2 heterocycles. The summed E-state index contributed by atoms with van der Waals surface area (Å²) < 4.78 is 0. The summed E-state index contributed by atoms with van der Waals surface area (Å²) in [6, 6.07) is 20.2. The Balaban J connectivity index is 1.85. The molecule has 0 radical (unpaired) electrons. The Labute approximate surface area is 126 Å². The van der Waals surface area contributed by atoms with E-state index < -0.39 is 0 Å². The Bertz CT molecular complexity index is 612. The molecule has 0 fully saturated rings. The van der Waals surface area contributed by atoms with E-state index in [-0.39, 0.29) is 0 Å². The van der Waals surface area contributed by atoms with Gasteiger partial charge in [0.25, 0.3) is 0 Å². The van der Waals surface area contributed by atoms with Gasteiger partial charge in [0.05, 0.1) is 0 Å². The molecule has 20 heavy (non-hydrogen) atoms. The van der Waals surface area contributed by atoms with Gasteiger partial charge in [-0.1, -0.05) is 47.8 Å². The highest BCUT2D eigenvalue weighted by atomic mass is 32.2. The zero-order chi connectivity index (χ0) is 13.6. The van der Waals surface area contributed by atoms with E-state index in [0.717, 1.165) is 10.1 Å². The molecule has 0 aliphatic rings. The highest BCUT2D eigenvalue weighted by Gasteiger charge is 2.06. The molecule has 3 aromatic rings. The van der Waals surface area contributed by atoms with Crippen molar-refractivity contribution in [3.8, 4) is 0 Å². The molecule has 0 saturated heterocycles. The van der Waals surface area contributed by atoms with Gasteiger partial charge in [-0.25, -0.2) is 9.97 Å². The number of aromatic nitrogens is 2. The predicted molar refractivity (Wildman–Crippen MR) is 83.2 cm³/mol. The van der Waals surface area contributed by atoms with Crippen LogP contribution in [0.25, 0.3) is 0 Å². The lowest BCUT2D eigenvalue weighted by Crippen LogP contribution is -1.83. The molecule has 2 aromatic heterocycles. The van der Waals surface area contributed by atoms with Crippen molar-refractivity contribution in [1.29, 1.82) is 0 Å². The molecule has 3 rings (SSSR count). The maximum absolute atomic E-state index is 4.36. The monoisotopic (exact) mass is 296 g/mol. The predicted octanol–water partition coefficient (Wildman–Crippen LogP) is 4.78. The van der Waals surface area contributed by atoms with Crippen LogP contribution in [0.5, 0.6) is 0 Å². The summed E-state index contributed by atoms with van der Waals surface area (Å²) >= 11 is 3.35. The fourth-order valence-corrected chi connectivity index (χ4v) is 3.51. The van der Waals surface area contributed by atoms with Gasteiger partial charge in [0.1, 0.15) is 10.1 Å². The smallest absolute Gasteiger partial charge is 0.101 e. The number of benzene rings is 1. The molecule has 0 bridgehead atoms. The SMILES string of the molecule is c1ccc(Sc2ccccc2Sc2ccccn2)nc1. The van der Waals surface area contributed by atoms with Gasteiger partial charge in [0.15, 0.2) is 0 Å². The highest BCUT2D eigenvalue weighted by molar-refractivity contribution is 8.02. The summed E-state index contributed by atoms with van der Waals surface area (Å²) in [5.74, 6) is 0. The first-order chi connectivity index (χ1) is 9.92. The third-order valence-electron chi connectivity index (χ3n) is 2.55. The van der Waals surface area contributed by atoms with E-state index in [2.05, 4.69) is 22.1 Å². The molecule has 0 aliphatic heterocycles. The minimum Gasteiger partial charge on any atom is -0.250 e. The Morgan fingerprint density at radius 3 is 1.40 bits per heavy atom. The van der Waals surface area contributed by atoms with Gasteiger partial charge in [0.2, 0.25) is 0 Å². The average Bonchev–Trinajstić information content (AvgIpc) is 2.51. The van der Waals surface area contributed by atoms with Gasteiger partial charge in [-0.2, -0.15) is 0 Å². The summed E-state index contributed by atoms with van der Waals surface area (Å²) in [4.78, 5) is 11.1. The second-order valence-corrected chi connectivity index (χ2v) is 6.11. The summed E-state index contributed by atoms with van der Waals surface area (Å²) in [5, 5.41) is 2.00. The summed E-state index contributed by atoms with van der Waals surface area (Å²) in [5.41, 5.74) is 0. The van der Waals surface area contributed by atoms with Crippen LogP contribution in [0.4, 0.5) is 0 Å². The van der Waals surface area contributed by atoms with Crippen molar-refractivity contribution in [2.24, 2.45) is 0 Å². The molecule has 0 aliphatic carbocycles. The molecule has 0 atom stereocenters. The lowest BCUT2D eigenvalue weighted by atomic mass is 10.4. The molecular formula is C16H12N2S2. The second-order valence-electron chi connectivity index (χ2n) is 3.99. The standard InChI is InChI=1S/C16H12N2S2/c1-2-8-14(20-16-10-4-6-12-18-16)13(7-1)19-15-9-3-5-11-17-15/h1-12H. The number of rotatable bonds is 4. The minimum absolute atomic E-state index is 1.00. The Kier molecular flexibility index (Phi) is 4.35. The number of pyridine rings is 2. The van der Waals surface area contributed by atoms with Crippen molar-refractivity contribution in [2.75, 3.05) is 0 Å². The lowest BCUT2D eigenvalue weighted by molar-refractivity contribution is 1.11. The van der Waals surface area contributed by atoms with Crippen LogP contribution in [-0.2, 0) is 0 Å². The van der Waals surface area contributed by atoms with Gasteiger partial charge >= 0.3 is 0 Å². The van der Waals surface area contributed by atoms with Crippen LogP contribution in [0.2, 0.25) is 0 Å². The van der Waals surface area contributed by atoms with Gasteiger partial charge in [-0.15, -0.1) is 0 Å². The van der Waals surface area contributed by atoms with Crippen molar-refractivity contribution in [2.45, 2.75) is 19.8 Å². The van der Waals surface area contributed by atoms with Crippen LogP contribution in [0.15, 0.2) is 92.9 Å².